The fraction of sp³-hybridized carbons (Fsp3) is 0.261. The molecule has 0 unspecified atom stereocenters. The fourth-order valence-electron chi connectivity index (χ4n) is 4.33. The molecular formula is C23H22N6O3S. The minimum atomic E-state index is -0.543. The number of pyridine rings is 2. The molecule has 0 spiro atoms. The van der Waals surface area contributed by atoms with Crippen molar-refractivity contribution in [2.24, 2.45) is 7.05 Å². The van der Waals surface area contributed by atoms with Crippen molar-refractivity contribution in [1.29, 1.82) is 5.41 Å². The Morgan fingerprint density at radius 3 is 2.76 bits per heavy atom. The van der Waals surface area contributed by atoms with Gasteiger partial charge in [0.05, 0.1) is 16.5 Å². The van der Waals surface area contributed by atoms with E-state index in [0.717, 1.165) is 36.1 Å². The first-order valence-corrected chi connectivity index (χ1v) is 11.5. The van der Waals surface area contributed by atoms with E-state index >= 15 is 0 Å². The van der Waals surface area contributed by atoms with Crippen molar-refractivity contribution >= 4 is 44.8 Å². The lowest BCUT2D eigenvalue weighted by atomic mass is 9.95. The average molecular weight is 463 g/mol. The van der Waals surface area contributed by atoms with Gasteiger partial charge < -0.3 is 15.2 Å². The summed E-state index contributed by atoms with van der Waals surface area (Å²) in [5.41, 5.74) is 1.91. The summed E-state index contributed by atoms with van der Waals surface area (Å²) >= 11 is 1.41. The number of carbonyl (C=O) groups is 2. The van der Waals surface area contributed by atoms with Gasteiger partial charge in [-0.1, -0.05) is 6.07 Å². The third kappa shape index (κ3) is 3.34. The van der Waals surface area contributed by atoms with Gasteiger partial charge in [-0.25, -0.2) is 4.98 Å². The number of thiophene rings is 1. The number of aryl methyl sites for hydroxylation is 2. The molecule has 0 radical (unpaired) electrons. The molecule has 0 atom stereocenters. The van der Waals surface area contributed by atoms with E-state index in [-0.39, 0.29) is 27.9 Å². The van der Waals surface area contributed by atoms with E-state index in [1.165, 1.54) is 26.4 Å². The molecule has 9 nitrogen and oxygen atoms in total. The van der Waals surface area contributed by atoms with Crippen molar-refractivity contribution in [3.05, 3.63) is 67.9 Å². The largest absolute Gasteiger partial charge is 0.355 e. The van der Waals surface area contributed by atoms with E-state index in [9.17, 15) is 14.4 Å². The van der Waals surface area contributed by atoms with Crippen LogP contribution in [0, 0.1) is 5.41 Å². The van der Waals surface area contributed by atoms with Crippen LogP contribution in [0.4, 0.5) is 5.00 Å². The van der Waals surface area contributed by atoms with Crippen LogP contribution in [0.2, 0.25) is 0 Å². The molecule has 0 bridgehead atoms. The van der Waals surface area contributed by atoms with Gasteiger partial charge in [0.25, 0.3) is 17.4 Å². The topological polar surface area (TPSA) is 121 Å². The fourth-order valence-corrected chi connectivity index (χ4v) is 5.62. The molecule has 0 aliphatic heterocycles. The Balaban J connectivity index is 1.63. The number of rotatable bonds is 3. The van der Waals surface area contributed by atoms with Crippen molar-refractivity contribution in [2.75, 3.05) is 12.4 Å². The summed E-state index contributed by atoms with van der Waals surface area (Å²) in [4.78, 5) is 44.6. The molecule has 3 N–H and O–H groups in total. The van der Waals surface area contributed by atoms with Gasteiger partial charge in [0.1, 0.15) is 21.8 Å². The standard InChI is InChI=1S/C23H22N6O3S/c1-25-21(31)17-12-7-3-4-8-15(12)33-22(17)27-20(30)13-11-14-19(28(2)18(13)24)26-16-9-5-6-10-29(16)23(14)32/h5-6,9-11,24H,3-4,7-8H2,1-2H3,(H,25,31)(H,27,30). The summed E-state index contributed by atoms with van der Waals surface area (Å²) in [5.74, 6) is -0.785. The number of hydrogen-bond acceptors (Lipinski definition) is 6. The van der Waals surface area contributed by atoms with E-state index < -0.39 is 5.91 Å². The molecule has 2 amide bonds. The summed E-state index contributed by atoms with van der Waals surface area (Å²) in [6.07, 6.45) is 5.35. The monoisotopic (exact) mass is 462 g/mol. The van der Waals surface area contributed by atoms with Gasteiger partial charge in [-0.05, 0) is 49.4 Å². The highest BCUT2D eigenvalue weighted by Gasteiger charge is 2.26. The van der Waals surface area contributed by atoms with Crippen molar-refractivity contribution in [2.45, 2.75) is 25.7 Å². The Kier molecular flexibility index (Phi) is 5.09. The molecule has 4 heterocycles. The molecule has 0 aromatic carbocycles. The van der Waals surface area contributed by atoms with Crippen molar-refractivity contribution in [3.8, 4) is 0 Å². The van der Waals surface area contributed by atoms with Crippen LogP contribution in [0.25, 0.3) is 16.7 Å². The van der Waals surface area contributed by atoms with Crippen molar-refractivity contribution < 1.29 is 9.59 Å². The molecule has 168 valence electrons. The normalized spacial score (nSPS) is 13.2. The minimum absolute atomic E-state index is 0.0361. The van der Waals surface area contributed by atoms with Crippen LogP contribution < -0.4 is 21.7 Å². The zero-order valence-corrected chi connectivity index (χ0v) is 19.0. The molecule has 1 aliphatic rings. The number of nitrogens with zero attached hydrogens (tertiary/aromatic N) is 3. The summed E-state index contributed by atoms with van der Waals surface area (Å²) in [7, 11) is 3.17. The number of carbonyl (C=O) groups excluding carboxylic acids is 2. The lowest BCUT2D eigenvalue weighted by Gasteiger charge is -2.13. The first kappa shape index (κ1) is 21.1. The Morgan fingerprint density at radius 2 is 1.97 bits per heavy atom. The quantitative estimate of drug-likeness (QED) is 0.404. The zero-order valence-electron chi connectivity index (χ0n) is 18.2. The molecule has 10 heteroatoms. The number of amides is 2. The van der Waals surface area contributed by atoms with Crippen LogP contribution >= 0.6 is 11.3 Å². The average Bonchev–Trinajstić information content (AvgIpc) is 3.19. The van der Waals surface area contributed by atoms with Crippen molar-refractivity contribution in [1.82, 2.24) is 19.3 Å². The zero-order chi connectivity index (χ0) is 23.3. The maximum absolute atomic E-state index is 13.3. The molecule has 0 fully saturated rings. The summed E-state index contributed by atoms with van der Waals surface area (Å²) in [5, 5.41) is 14.8. The molecule has 1 aliphatic carbocycles. The molecule has 4 aromatic heterocycles. The first-order valence-electron chi connectivity index (χ1n) is 10.6. The Labute approximate surface area is 192 Å². The van der Waals surface area contributed by atoms with Gasteiger partial charge >= 0.3 is 0 Å². The predicted octanol–water partition coefficient (Wildman–Crippen LogP) is 2.22. The summed E-state index contributed by atoms with van der Waals surface area (Å²) < 4.78 is 2.84. The Hall–Kier alpha value is -3.79. The molecular weight excluding hydrogens is 440 g/mol. The number of anilines is 1. The maximum atomic E-state index is 13.3. The van der Waals surface area contributed by atoms with E-state index in [4.69, 9.17) is 5.41 Å². The SMILES string of the molecule is CNC(=O)c1c(NC(=O)c2cc3c(=O)n4ccccc4nc3n(C)c2=N)sc2c1CCCC2. The van der Waals surface area contributed by atoms with E-state index in [1.54, 1.807) is 38.5 Å². The molecule has 5 rings (SSSR count). The highest BCUT2D eigenvalue weighted by atomic mass is 32.1. The third-order valence-electron chi connectivity index (χ3n) is 6.04. The predicted molar refractivity (Wildman–Crippen MR) is 126 cm³/mol. The highest BCUT2D eigenvalue weighted by molar-refractivity contribution is 7.17. The van der Waals surface area contributed by atoms with Crippen molar-refractivity contribution in [3.63, 3.8) is 0 Å². The van der Waals surface area contributed by atoms with E-state index in [1.807, 2.05) is 0 Å². The van der Waals surface area contributed by atoms with E-state index in [2.05, 4.69) is 15.6 Å². The second-order valence-electron chi connectivity index (χ2n) is 8.00. The first-order chi connectivity index (χ1) is 15.9. The van der Waals surface area contributed by atoms with Gasteiger partial charge in [-0.15, -0.1) is 11.3 Å². The number of hydrogen-bond donors (Lipinski definition) is 3. The molecule has 4 aromatic rings. The van der Waals surface area contributed by atoms with Gasteiger partial charge in [-0.2, -0.15) is 0 Å². The minimum Gasteiger partial charge on any atom is -0.355 e. The van der Waals surface area contributed by atoms with Gasteiger partial charge in [0.2, 0.25) is 0 Å². The lowest BCUT2D eigenvalue weighted by Crippen LogP contribution is -2.31. The van der Waals surface area contributed by atoms with Crippen LogP contribution in [0.3, 0.4) is 0 Å². The molecule has 33 heavy (non-hydrogen) atoms. The van der Waals surface area contributed by atoms with E-state index in [0.29, 0.717) is 21.9 Å². The summed E-state index contributed by atoms with van der Waals surface area (Å²) in [6, 6.07) is 6.63. The second-order valence-corrected chi connectivity index (χ2v) is 9.10. The Morgan fingerprint density at radius 1 is 1.18 bits per heavy atom. The van der Waals surface area contributed by atoms with Crippen LogP contribution in [-0.2, 0) is 19.9 Å². The van der Waals surface area contributed by atoms with Crippen LogP contribution in [-0.4, -0.2) is 32.8 Å². The van der Waals surface area contributed by atoms with Gasteiger partial charge in [0.15, 0.2) is 0 Å². The van der Waals surface area contributed by atoms with Gasteiger partial charge in [0, 0.05) is 25.2 Å². The molecule has 0 saturated carbocycles. The van der Waals surface area contributed by atoms with Crippen LogP contribution in [0.1, 0.15) is 44.0 Å². The number of aromatic nitrogens is 3. The Bertz CT molecular complexity index is 1580. The van der Waals surface area contributed by atoms with Crippen LogP contribution in [0.15, 0.2) is 35.3 Å². The van der Waals surface area contributed by atoms with Crippen LogP contribution in [0.5, 0.6) is 0 Å². The third-order valence-corrected chi connectivity index (χ3v) is 7.25. The molecule has 0 saturated heterocycles. The second kappa shape index (κ2) is 7.96. The number of fused-ring (bicyclic) bond motifs is 3. The lowest BCUT2D eigenvalue weighted by molar-refractivity contribution is 0.0963. The smallest absolute Gasteiger partial charge is 0.267 e. The highest BCUT2D eigenvalue weighted by Crippen LogP contribution is 2.38. The van der Waals surface area contributed by atoms with Gasteiger partial charge in [-0.3, -0.25) is 24.2 Å². The number of nitrogens with one attached hydrogen (secondary N) is 3. The maximum Gasteiger partial charge on any atom is 0.267 e. The summed E-state index contributed by atoms with van der Waals surface area (Å²) in [6.45, 7) is 0.